The van der Waals surface area contributed by atoms with Crippen LogP contribution in [0.2, 0.25) is 0 Å². The summed E-state index contributed by atoms with van der Waals surface area (Å²) in [6.45, 7) is 1.86. The summed E-state index contributed by atoms with van der Waals surface area (Å²) in [7, 11) is 2.09. The molecule has 2 aromatic heterocycles. The molecule has 0 unspecified atom stereocenters. The number of nitrogens with two attached hydrogens (primary N) is 1. The molecule has 112 valence electrons. The van der Waals surface area contributed by atoms with Gasteiger partial charge in [0.05, 0.1) is 5.41 Å². The van der Waals surface area contributed by atoms with E-state index in [1.165, 1.54) is 0 Å². The highest BCUT2D eigenvalue weighted by Crippen LogP contribution is 2.36. The van der Waals surface area contributed by atoms with E-state index in [1.54, 1.807) is 6.07 Å². The van der Waals surface area contributed by atoms with Crippen molar-refractivity contribution in [2.45, 2.75) is 24.7 Å². The molecule has 0 bridgehead atoms. The molecule has 7 nitrogen and oxygen atoms in total. The highest BCUT2D eigenvalue weighted by Gasteiger charge is 2.40. The first-order valence-electron chi connectivity index (χ1n) is 7.03. The molecule has 3 rings (SSSR count). The fourth-order valence-corrected chi connectivity index (χ4v) is 2.91. The van der Waals surface area contributed by atoms with Crippen molar-refractivity contribution in [2.75, 3.05) is 25.9 Å². The van der Waals surface area contributed by atoms with E-state index in [-0.39, 0.29) is 5.41 Å². The summed E-state index contributed by atoms with van der Waals surface area (Å²) in [5.74, 6) is 0.465. The molecule has 1 aliphatic rings. The van der Waals surface area contributed by atoms with Crippen molar-refractivity contribution in [3.63, 3.8) is 0 Å². The Balaban J connectivity index is 1.94. The van der Waals surface area contributed by atoms with Gasteiger partial charge >= 0.3 is 5.76 Å². The van der Waals surface area contributed by atoms with Crippen molar-refractivity contribution in [3.8, 4) is 0 Å². The number of nitrogens with zero attached hydrogens (tertiary/aromatic N) is 3. The Kier molecular flexibility index (Phi) is 3.50. The number of likely N-dealkylation sites (tertiary alicyclic amines) is 1. The molecule has 21 heavy (non-hydrogen) atoms. The van der Waals surface area contributed by atoms with Crippen LogP contribution in [-0.4, -0.2) is 40.2 Å². The van der Waals surface area contributed by atoms with Crippen LogP contribution in [0.5, 0.6) is 0 Å². The second kappa shape index (κ2) is 5.33. The number of H-pyrrole nitrogens is 1. The predicted molar refractivity (Wildman–Crippen MR) is 77.9 cm³/mol. The summed E-state index contributed by atoms with van der Waals surface area (Å²) in [5, 5.41) is 6.44. The number of nitrogens with one attached hydrogen (secondary N) is 1. The van der Waals surface area contributed by atoms with E-state index in [9.17, 15) is 4.79 Å². The Hall–Kier alpha value is -2.15. The first kappa shape index (κ1) is 13.8. The van der Waals surface area contributed by atoms with Gasteiger partial charge < -0.3 is 15.1 Å². The molecule has 0 saturated carbocycles. The summed E-state index contributed by atoms with van der Waals surface area (Å²) in [6.07, 6.45) is 2.40. The molecule has 0 aromatic carbocycles. The van der Waals surface area contributed by atoms with Gasteiger partial charge in [-0.25, -0.2) is 14.9 Å². The fourth-order valence-electron chi connectivity index (χ4n) is 2.91. The number of aromatic amines is 1. The highest BCUT2D eigenvalue weighted by molar-refractivity contribution is 5.30. The van der Waals surface area contributed by atoms with E-state index < -0.39 is 5.76 Å². The van der Waals surface area contributed by atoms with Crippen molar-refractivity contribution in [1.29, 1.82) is 0 Å². The second-order valence-electron chi connectivity index (χ2n) is 5.73. The van der Waals surface area contributed by atoms with Crippen molar-refractivity contribution in [3.05, 3.63) is 40.3 Å². The molecule has 2 aromatic rings. The van der Waals surface area contributed by atoms with Crippen molar-refractivity contribution in [1.82, 2.24) is 20.1 Å². The summed E-state index contributed by atoms with van der Waals surface area (Å²) < 4.78 is 5.26. The monoisotopic (exact) mass is 289 g/mol. The number of pyridine rings is 1. The molecule has 0 atom stereocenters. The average Bonchev–Trinajstić information content (AvgIpc) is 2.89. The smallest absolute Gasteiger partial charge is 0.392 e. The molecule has 7 heteroatoms. The molecule has 0 spiro atoms. The topological polar surface area (TPSA) is 101 Å². The van der Waals surface area contributed by atoms with Crippen LogP contribution in [0.1, 0.15) is 24.4 Å². The summed E-state index contributed by atoms with van der Waals surface area (Å²) in [4.78, 5) is 17.9. The van der Waals surface area contributed by atoms with Crippen LogP contribution >= 0.6 is 0 Å². The van der Waals surface area contributed by atoms with Gasteiger partial charge in [-0.05, 0) is 45.1 Å². The van der Waals surface area contributed by atoms with Gasteiger partial charge in [-0.2, -0.15) is 0 Å². The van der Waals surface area contributed by atoms with Gasteiger partial charge in [-0.3, -0.25) is 0 Å². The van der Waals surface area contributed by atoms with Gasteiger partial charge in [0, 0.05) is 12.1 Å². The number of nitrogen functional groups attached to an aromatic ring is 1. The van der Waals surface area contributed by atoms with Gasteiger partial charge in [0.25, 0.3) is 0 Å². The summed E-state index contributed by atoms with van der Waals surface area (Å²) in [5.41, 5.74) is 6.35. The molecule has 1 aliphatic heterocycles. The zero-order valence-corrected chi connectivity index (χ0v) is 12.0. The first-order chi connectivity index (χ1) is 10.1. The normalized spacial score (nSPS) is 18.7. The molecular formula is C14H19N5O2. The van der Waals surface area contributed by atoms with E-state index in [4.69, 9.17) is 10.2 Å². The van der Waals surface area contributed by atoms with E-state index >= 15 is 0 Å². The SMILES string of the molecule is CN1CCC(Cc2cccc(N)n2)(c2n[nH]c(=O)o2)CC1. The zero-order valence-electron chi connectivity index (χ0n) is 12.0. The fraction of sp³-hybridized carbons (Fsp3) is 0.500. The molecule has 0 amide bonds. The third-order valence-electron chi connectivity index (χ3n) is 4.18. The standard InChI is InChI=1S/C14H19N5O2/c1-19-7-5-14(6-8-19,12-17-18-13(20)21-12)9-10-3-2-4-11(15)16-10/h2-4H,5-9H2,1H3,(H2,15,16)(H,18,20). The molecule has 3 N–H and O–H groups in total. The number of anilines is 1. The Bertz CT molecular complexity index is 670. The van der Waals surface area contributed by atoms with Gasteiger partial charge in [0.2, 0.25) is 5.89 Å². The quantitative estimate of drug-likeness (QED) is 0.855. The summed E-state index contributed by atoms with van der Waals surface area (Å²) >= 11 is 0. The van der Waals surface area contributed by atoms with Crippen molar-refractivity contribution in [2.24, 2.45) is 0 Å². The molecule has 1 fully saturated rings. The summed E-state index contributed by atoms with van der Waals surface area (Å²) in [6, 6.07) is 5.60. The minimum atomic E-state index is -0.510. The first-order valence-corrected chi connectivity index (χ1v) is 7.03. The Morgan fingerprint density at radius 3 is 2.81 bits per heavy atom. The largest absolute Gasteiger partial charge is 0.434 e. The molecular weight excluding hydrogens is 270 g/mol. The minimum absolute atomic E-state index is 0.299. The van der Waals surface area contributed by atoms with Crippen LogP contribution in [-0.2, 0) is 11.8 Å². The third kappa shape index (κ3) is 2.82. The van der Waals surface area contributed by atoms with Crippen LogP contribution < -0.4 is 11.5 Å². The minimum Gasteiger partial charge on any atom is -0.392 e. The lowest BCUT2D eigenvalue weighted by molar-refractivity contribution is 0.157. The van der Waals surface area contributed by atoms with Gasteiger partial charge in [0.15, 0.2) is 0 Å². The predicted octanol–water partition coefficient (Wildman–Crippen LogP) is 0.546. The van der Waals surface area contributed by atoms with Crippen LogP contribution in [0.15, 0.2) is 27.4 Å². The van der Waals surface area contributed by atoms with E-state index in [1.807, 2.05) is 12.1 Å². The number of hydrogen-bond donors (Lipinski definition) is 2. The maximum Gasteiger partial charge on any atom is 0.434 e. The molecule has 0 radical (unpaired) electrons. The lowest BCUT2D eigenvalue weighted by Gasteiger charge is -2.37. The lowest BCUT2D eigenvalue weighted by Crippen LogP contribution is -2.42. The van der Waals surface area contributed by atoms with E-state index in [0.29, 0.717) is 18.1 Å². The van der Waals surface area contributed by atoms with Crippen LogP contribution in [0, 0.1) is 0 Å². The zero-order chi connectivity index (χ0) is 14.9. The Labute approximate surface area is 122 Å². The van der Waals surface area contributed by atoms with Crippen molar-refractivity contribution >= 4 is 5.82 Å². The average molecular weight is 289 g/mol. The van der Waals surface area contributed by atoms with Gasteiger partial charge in [-0.15, -0.1) is 5.10 Å². The Morgan fingerprint density at radius 1 is 1.43 bits per heavy atom. The van der Waals surface area contributed by atoms with E-state index in [0.717, 1.165) is 31.6 Å². The maximum atomic E-state index is 11.3. The Morgan fingerprint density at radius 2 is 2.19 bits per heavy atom. The number of aromatic nitrogens is 3. The van der Waals surface area contributed by atoms with Crippen LogP contribution in [0.4, 0.5) is 5.82 Å². The maximum absolute atomic E-state index is 11.3. The van der Waals surface area contributed by atoms with E-state index in [2.05, 4.69) is 27.1 Å². The van der Waals surface area contributed by atoms with Crippen LogP contribution in [0.3, 0.4) is 0 Å². The molecule has 3 heterocycles. The highest BCUT2D eigenvalue weighted by atomic mass is 16.4. The molecule has 1 saturated heterocycles. The third-order valence-corrected chi connectivity index (χ3v) is 4.18. The van der Waals surface area contributed by atoms with Crippen molar-refractivity contribution < 1.29 is 4.42 Å². The number of rotatable bonds is 3. The van der Waals surface area contributed by atoms with Gasteiger partial charge in [0.1, 0.15) is 5.82 Å². The second-order valence-corrected chi connectivity index (χ2v) is 5.73. The molecule has 0 aliphatic carbocycles. The number of piperidine rings is 1. The lowest BCUT2D eigenvalue weighted by atomic mass is 9.74. The number of hydrogen-bond acceptors (Lipinski definition) is 6. The van der Waals surface area contributed by atoms with Crippen LogP contribution in [0.25, 0.3) is 0 Å². The van der Waals surface area contributed by atoms with Gasteiger partial charge in [-0.1, -0.05) is 6.07 Å².